The molecule has 0 aliphatic rings. The molecule has 0 unspecified atom stereocenters. The van der Waals surface area contributed by atoms with Crippen molar-refractivity contribution >= 4 is 35.2 Å². The van der Waals surface area contributed by atoms with Gasteiger partial charge in [0.15, 0.2) is 0 Å². The number of thioether (sulfide) groups is 1. The molecule has 6 heteroatoms. The lowest BCUT2D eigenvalue weighted by atomic mass is 10.0. The SMILES string of the molecule is Cc1cccc(CN(C(=O)CSCc2ccc(Cl)cc2)[C@H](Cc2ccccc2)C(=O)NC(C)C)c1. The molecule has 3 aromatic rings. The van der Waals surface area contributed by atoms with Crippen LogP contribution in [0.5, 0.6) is 0 Å². The van der Waals surface area contributed by atoms with Gasteiger partial charge in [0.25, 0.3) is 0 Å². The fourth-order valence-corrected chi connectivity index (χ4v) is 4.86. The molecule has 0 saturated heterocycles. The fourth-order valence-electron chi connectivity index (χ4n) is 3.86. The maximum atomic E-state index is 13.6. The lowest BCUT2D eigenvalue weighted by Gasteiger charge is -2.32. The molecule has 4 nitrogen and oxygen atoms in total. The number of nitrogens with zero attached hydrogens (tertiary/aromatic N) is 1. The average Bonchev–Trinajstić information content (AvgIpc) is 2.82. The Morgan fingerprint density at radius 3 is 2.26 bits per heavy atom. The summed E-state index contributed by atoms with van der Waals surface area (Å²) in [7, 11) is 0. The van der Waals surface area contributed by atoms with Crippen molar-refractivity contribution in [3.8, 4) is 0 Å². The van der Waals surface area contributed by atoms with Gasteiger partial charge in [-0.2, -0.15) is 0 Å². The third-order valence-corrected chi connectivity index (χ3v) is 6.79. The first-order valence-electron chi connectivity index (χ1n) is 11.8. The van der Waals surface area contributed by atoms with E-state index < -0.39 is 6.04 Å². The van der Waals surface area contributed by atoms with Gasteiger partial charge in [-0.1, -0.05) is 83.9 Å². The van der Waals surface area contributed by atoms with Crippen molar-refractivity contribution in [2.45, 2.75) is 51.6 Å². The number of halogens is 1. The first kappa shape index (κ1) is 26.8. The van der Waals surface area contributed by atoms with Crippen LogP contribution in [0.25, 0.3) is 0 Å². The maximum absolute atomic E-state index is 13.6. The number of amides is 2. The molecule has 0 radical (unpaired) electrons. The average molecular weight is 509 g/mol. The molecule has 2 amide bonds. The van der Waals surface area contributed by atoms with Crippen LogP contribution in [0.4, 0.5) is 0 Å². The highest BCUT2D eigenvalue weighted by atomic mass is 35.5. The van der Waals surface area contributed by atoms with Crippen LogP contribution in [0.3, 0.4) is 0 Å². The molecule has 1 N–H and O–H groups in total. The van der Waals surface area contributed by atoms with Gasteiger partial charge in [0.2, 0.25) is 11.8 Å². The van der Waals surface area contributed by atoms with E-state index in [1.165, 1.54) is 0 Å². The highest BCUT2D eigenvalue weighted by Crippen LogP contribution is 2.20. The van der Waals surface area contributed by atoms with Gasteiger partial charge in [0, 0.05) is 29.8 Å². The van der Waals surface area contributed by atoms with Gasteiger partial charge in [-0.15, -0.1) is 11.8 Å². The largest absolute Gasteiger partial charge is 0.352 e. The molecule has 184 valence electrons. The third-order valence-electron chi connectivity index (χ3n) is 5.54. The monoisotopic (exact) mass is 508 g/mol. The lowest BCUT2D eigenvalue weighted by molar-refractivity contribution is -0.139. The lowest BCUT2D eigenvalue weighted by Crippen LogP contribution is -2.52. The van der Waals surface area contributed by atoms with E-state index in [2.05, 4.69) is 11.4 Å². The molecule has 35 heavy (non-hydrogen) atoms. The molecule has 0 aliphatic carbocycles. The van der Waals surface area contributed by atoms with E-state index in [1.807, 2.05) is 93.6 Å². The Hall–Kier alpha value is -2.76. The van der Waals surface area contributed by atoms with Crippen LogP contribution in [0.15, 0.2) is 78.9 Å². The van der Waals surface area contributed by atoms with Gasteiger partial charge in [0.05, 0.1) is 5.75 Å². The van der Waals surface area contributed by atoms with Gasteiger partial charge in [-0.25, -0.2) is 0 Å². The number of aryl methyl sites for hydroxylation is 1. The Bertz CT molecular complexity index is 1100. The highest BCUT2D eigenvalue weighted by molar-refractivity contribution is 7.99. The second kappa shape index (κ2) is 13.4. The van der Waals surface area contributed by atoms with E-state index in [0.29, 0.717) is 23.7 Å². The van der Waals surface area contributed by atoms with Gasteiger partial charge in [-0.3, -0.25) is 9.59 Å². The number of hydrogen-bond donors (Lipinski definition) is 1. The van der Waals surface area contributed by atoms with E-state index in [4.69, 9.17) is 11.6 Å². The Balaban J connectivity index is 1.84. The summed E-state index contributed by atoms with van der Waals surface area (Å²) in [6.07, 6.45) is 0.457. The smallest absolute Gasteiger partial charge is 0.243 e. The zero-order chi connectivity index (χ0) is 25.2. The molecule has 0 spiro atoms. The minimum absolute atomic E-state index is 0.0176. The van der Waals surface area contributed by atoms with Crippen molar-refractivity contribution in [3.05, 3.63) is 106 Å². The Morgan fingerprint density at radius 2 is 1.60 bits per heavy atom. The second-order valence-electron chi connectivity index (χ2n) is 9.00. The summed E-state index contributed by atoms with van der Waals surface area (Å²) in [6, 6.07) is 25.0. The predicted molar refractivity (Wildman–Crippen MR) is 147 cm³/mol. The topological polar surface area (TPSA) is 49.4 Å². The molecule has 0 saturated carbocycles. The minimum Gasteiger partial charge on any atom is -0.352 e. The number of carbonyl (C=O) groups excluding carboxylic acids is 2. The summed E-state index contributed by atoms with van der Waals surface area (Å²) in [5, 5.41) is 3.72. The fraction of sp³-hybridized carbons (Fsp3) is 0.310. The summed E-state index contributed by atoms with van der Waals surface area (Å²) >= 11 is 7.53. The van der Waals surface area contributed by atoms with Crippen LogP contribution >= 0.6 is 23.4 Å². The van der Waals surface area contributed by atoms with E-state index in [9.17, 15) is 9.59 Å². The van der Waals surface area contributed by atoms with Crippen molar-refractivity contribution in [3.63, 3.8) is 0 Å². The second-order valence-corrected chi connectivity index (χ2v) is 10.4. The first-order chi connectivity index (χ1) is 16.8. The molecule has 0 bridgehead atoms. The number of carbonyl (C=O) groups is 2. The standard InChI is InChI=1S/C29H33ClN2O2S/c1-21(2)31-29(34)27(17-23-9-5-4-6-10-23)32(18-25-11-7-8-22(3)16-25)28(33)20-35-19-24-12-14-26(30)15-13-24/h4-16,21,27H,17-20H2,1-3H3,(H,31,34)/t27-/m1/s1. The minimum atomic E-state index is -0.607. The molecule has 0 aliphatic heterocycles. The van der Waals surface area contributed by atoms with Gasteiger partial charge >= 0.3 is 0 Å². The normalized spacial score (nSPS) is 11.8. The molecule has 0 aromatic heterocycles. The number of hydrogen-bond acceptors (Lipinski definition) is 3. The Labute approximate surface area is 218 Å². The van der Waals surface area contributed by atoms with E-state index in [0.717, 1.165) is 22.3 Å². The molecular weight excluding hydrogens is 476 g/mol. The number of rotatable bonds is 11. The molecule has 0 heterocycles. The van der Waals surface area contributed by atoms with Crippen molar-refractivity contribution < 1.29 is 9.59 Å². The number of nitrogens with one attached hydrogen (secondary N) is 1. The first-order valence-corrected chi connectivity index (χ1v) is 13.4. The molecule has 3 aromatic carbocycles. The van der Waals surface area contributed by atoms with Crippen LogP contribution < -0.4 is 5.32 Å². The molecule has 3 rings (SSSR count). The van der Waals surface area contributed by atoms with Crippen LogP contribution in [-0.4, -0.2) is 34.6 Å². The highest BCUT2D eigenvalue weighted by Gasteiger charge is 2.30. The summed E-state index contributed by atoms with van der Waals surface area (Å²) in [4.78, 5) is 28.7. The van der Waals surface area contributed by atoms with E-state index >= 15 is 0 Å². The zero-order valence-corrected chi connectivity index (χ0v) is 22.1. The summed E-state index contributed by atoms with van der Waals surface area (Å²) in [5.74, 6) is 0.801. The van der Waals surface area contributed by atoms with Crippen molar-refractivity contribution in [1.82, 2.24) is 10.2 Å². The van der Waals surface area contributed by atoms with Crippen LogP contribution in [0, 0.1) is 6.92 Å². The van der Waals surface area contributed by atoms with Crippen molar-refractivity contribution in [2.24, 2.45) is 0 Å². The van der Waals surface area contributed by atoms with Crippen LogP contribution in [0.2, 0.25) is 5.02 Å². The maximum Gasteiger partial charge on any atom is 0.243 e. The summed E-state index contributed by atoms with van der Waals surface area (Å²) in [6.45, 7) is 6.29. The molecule has 1 atom stereocenters. The Morgan fingerprint density at radius 1 is 0.914 bits per heavy atom. The van der Waals surface area contributed by atoms with Crippen molar-refractivity contribution in [2.75, 3.05) is 5.75 Å². The summed E-state index contributed by atoms with van der Waals surface area (Å²) in [5.41, 5.74) is 4.26. The number of benzene rings is 3. The van der Waals surface area contributed by atoms with Gasteiger partial charge in [0.1, 0.15) is 6.04 Å². The van der Waals surface area contributed by atoms with Crippen LogP contribution in [0.1, 0.15) is 36.1 Å². The zero-order valence-electron chi connectivity index (χ0n) is 20.5. The Kier molecular flexibility index (Phi) is 10.2. The summed E-state index contributed by atoms with van der Waals surface area (Å²) < 4.78 is 0. The van der Waals surface area contributed by atoms with Crippen LogP contribution in [-0.2, 0) is 28.3 Å². The third kappa shape index (κ3) is 8.75. The predicted octanol–water partition coefficient (Wildman–Crippen LogP) is 6.05. The van der Waals surface area contributed by atoms with E-state index in [1.54, 1.807) is 16.7 Å². The van der Waals surface area contributed by atoms with Gasteiger partial charge in [-0.05, 0) is 49.6 Å². The quantitative estimate of drug-likeness (QED) is 0.343. The van der Waals surface area contributed by atoms with Crippen molar-refractivity contribution in [1.29, 1.82) is 0 Å². The van der Waals surface area contributed by atoms with E-state index in [-0.39, 0.29) is 23.6 Å². The van der Waals surface area contributed by atoms with Gasteiger partial charge < -0.3 is 10.2 Å². The molecule has 0 fully saturated rings. The molecular formula is C29H33ClN2O2S.